The zero-order chi connectivity index (χ0) is 47.3. The third kappa shape index (κ3) is 10.7. The zero-order valence-corrected chi connectivity index (χ0v) is 38.7. The average molecular weight is 923 g/mol. The molecule has 8 rings (SSSR count). The molecule has 1 fully saturated rings. The van der Waals surface area contributed by atoms with Gasteiger partial charge in [-0.3, -0.25) is 4.90 Å². The maximum absolute atomic E-state index is 15.0. The number of aliphatic hydroxyl groups is 2. The van der Waals surface area contributed by atoms with Gasteiger partial charge in [0.1, 0.15) is 36.6 Å². The van der Waals surface area contributed by atoms with Crippen molar-refractivity contribution in [2.24, 2.45) is 22.9 Å². The number of hydrogen-bond donors (Lipinski definition) is 2. The fraction of sp³-hybridized carbons (Fsp3) is 0.368. The Morgan fingerprint density at radius 1 is 0.853 bits per heavy atom. The van der Waals surface area contributed by atoms with E-state index in [0.717, 1.165) is 58.7 Å². The van der Waals surface area contributed by atoms with Crippen molar-refractivity contribution < 1.29 is 43.2 Å². The maximum atomic E-state index is 15.0. The van der Waals surface area contributed by atoms with Crippen LogP contribution in [0.5, 0.6) is 11.5 Å². The van der Waals surface area contributed by atoms with Crippen LogP contribution < -0.4 is 9.47 Å². The predicted molar refractivity (Wildman–Crippen MR) is 263 cm³/mol. The van der Waals surface area contributed by atoms with E-state index in [1.807, 2.05) is 72.8 Å². The lowest BCUT2D eigenvalue weighted by atomic mass is 9.55. The number of aliphatic hydroxyl groups excluding tert-OH is 2. The minimum atomic E-state index is -1.51. The van der Waals surface area contributed by atoms with Crippen LogP contribution in [0.3, 0.4) is 0 Å². The van der Waals surface area contributed by atoms with Gasteiger partial charge in [0.2, 0.25) is 5.79 Å². The van der Waals surface area contributed by atoms with E-state index in [1.165, 1.54) is 6.07 Å². The summed E-state index contributed by atoms with van der Waals surface area (Å²) in [6, 6.07) is 35.6. The summed E-state index contributed by atoms with van der Waals surface area (Å²) in [4.78, 5) is 23.0. The minimum Gasteiger partial charge on any atom is -0.489 e. The van der Waals surface area contributed by atoms with Gasteiger partial charge in [0.25, 0.3) is 0 Å². The monoisotopic (exact) mass is 922 g/mol. The molecule has 6 atom stereocenters. The molecule has 1 saturated carbocycles. The number of allylic oxidation sites excluding steroid dienone is 1. The third-order valence-electron chi connectivity index (χ3n) is 13.6. The lowest BCUT2D eigenvalue weighted by Crippen LogP contribution is -2.70. The maximum Gasteiger partial charge on any atom is 0.410 e. The molecule has 68 heavy (non-hydrogen) atoms. The number of unbranched alkanes of at least 4 members (excludes halogenated alkanes) is 2. The fourth-order valence-electron chi connectivity index (χ4n) is 10.5. The Morgan fingerprint density at radius 3 is 2.40 bits per heavy atom. The highest BCUT2D eigenvalue weighted by Crippen LogP contribution is 2.62. The lowest BCUT2D eigenvalue weighted by Gasteiger charge is -2.60. The Labute approximate surface area is 399 Å². The molecule has 0 bridgehead atoms. The van der Waals surface area contributed by atoms with Crippen molar-refractivity contribution in [3.63, 3.8) is 0 Å². The van der Waals surface area contributed by atoms with Gasteiger partial charge in [0, 0.05) is 36.7 Å². The van der Waals surface area contributed by atoms with E-state index >= 15 is 4.79 Å². The summed E-state index contributed by atoms with van der Waals surface area (Å²) in [7, 11) is 0. The molecule has 11 heteroatoms. The molecule has 0 spiro atoms. The van der Waals surface area contributed by atoms with Crippen molar-refractivity contribution >= 4 is 22.6 Å². The van der Waals surface area contributed by atoms with Gasteiger partial charge in [0.15, 0.2) is 0 Å². The minimum absolute atomic E-state index is 0.0125. The van der Waals surface area contributed by atoms with Gasteiger partial charge >= 0.3 is 6.09 Å². The molecule has 5 aromatic carbocycles. The number of oxime groups is 1. The lowest BCUT2D eigenvalue weighted by molar-refractivity contribution is -0.256. The molecule has 2 aliphatic carbocycles. The summed E-state index contributed by atoms with van der Waals surface area (Å²) < 4.78 is 42.0. The highest BCUT2D eigenvalue weighted by Gasteiger charge is 2.65. The fourth-order valence-corrected chi connectivity index (χ4v) is 10.5. The highest BCUT2D eigenvalue weighted by molar-refractivity contribution is 6.03. The van der Waals surface area contributed by atoms with E-state index in [4.69, 9.17) is 28.9 Å². The topological polar surface area (TPSA) is 119 Å². The van der Waals surface area contributed by atoms with E-state index in [9.17, 15) is 14.6 Å². The Hall–Kier alpha value is -6.27. The Balaban J connectivity index is 1.34. The van der Waals surface area contributed by atoms with E-state index < -0.39 is 23.8 Å². The first kappa shape index (κ1) is 48.2. The first-order valence-corrected chi connectivity index (χ1v) is 24.0. The molecule has 3 aliphatic rings. The zero-order valence-electron chi connectivity index (χ0n) is 38.7. The summed E-state index contributed by atoms with van der Waals surface area (Å²) in [5.74, 6) is -1.58. The number of nitrogens with zero attached hydrogens (tertiary/aromatic N) is 2. The molecule has 356 valence electrons. The first-order valence-electron chi connectivity index (χ1n) is 24.0. The van der Waals surface area contributed by atoms with Crippen LogP contribution in [-0.2, 0) is 34.1 Å². The van der Waals surface area contributed by atoms with Gasteiger partial charge in [-0.05, 0) is 95.7 Å². The summed E-state index contributed by atoms with van der Waals surface area (Å²) in [6.07, 6.45) is 10.2. The van der Waals surface area contributed by atoms with E-state index in [-0.39, 0.29) is 76.2 Å². The molecule has 5 aromatic rings. The smallest absolute Gasteiger partial charge is 0.410 e. The second kappa shape index (κ2) is 23.2. The Bertz CT molecular complexity index is 2560. The Kier molecular flexibility index (Phi) is 16.4. The van der Waals surface area contributed by atoms with Crippen molar-refractivity contribution in [2.75, 3.05) is 26.4 Å². The van der Waals surface area contributed by atoms with Crippen LogP contribution in [0.2, 0.25) is 0 Å². The van der Waals surface area contributed by atoms with Gasteiger partial charge < -0.3 is 34.0 Å². The summed E-state index contributed by atoms with van der Waals surface area (Å²) in [5.41, 5.74) is 4.77. The van der Waals surface area contributed by atoms with Crippen LogP contribution in [0.15, 0.2) is 157 Å². The first-order chi connectivity index (χ1) is 33.4. The second-order valence-corrected chi connectivity index (χ2v) is 17.9. The van der Waals surface area contributed by atoms with Crippen LogP contribution in [0.25, 0.3) is 10.8 Å². The van der Waals surface area contributed by atoms with E-state index in [2.05, 4.69) is 37.4 Å². The predicted octanol–water partition coefficient (Wildman–Crippen LogP) is 11.6. The van der Waals surface area contributed by atoms with Gasteiger partial charge in [-0.1, -0.05) is 127 Å². The SMILES string of the molecule is C=CCCOC(=O)N(Cc1cccc2ccccc12)C1CC(=NOCc2ccccc2)C2=CC(CCCCO)C(CCCCO)C3c4cc(OCc5ccccc5F)ccc4OC1(OCC=C)C23. The van der Waals surface area contributed by atoms with Crippen LogP contribution >= 0.6 is 0 Å². The number of benzene rings is 5. The molecule has 6 unspecified atom stereocenters. The number of ether oxygens (including phenoxy) is 4. The number of halogens is 1. The van der Waals surface area contributed by atoms with Crippen LogP contribution in [0.4, 0.5) is 9.18 Å². The van der Waals surface area contributed by atoms with Crippen molar-refractivity contribution in [1.82, 2.24) is 4.90 Å². The highest BCUT2D eigenvalue weighted by atomic mass is 19.1. The van der Waals surface area contributed by atoms with Crippen molar-refractivity contribution in [1.29, 1.82) is 0 Å². The summed E-state index contributed by atoms with van der Waals surface area (Å²) >= 11 is 0. The molecule has 0 saturated heterocycles. The number of amides is 1. The van der Waals surface area contributed by atoms with E-state index in [1.54, 1.807) is 35.3 Å². The van der Waals surface area contributed by atoms with Crippen LogP contribution in [-0.4, -0.2) is 65.2 Å². The van der Waals surface area contributed by atoms with Gasteiger partial charge in [-0.25, -0.2) is 9.18 Å². The van der Waals surface area contributed by atoms with Gasteiger partial charge in [-0.2, -0.15) is 0 Å². The molecule has 1 aliphatic heterocycles. The summed E-state index contributed by atoms with van der Waals surface area (Å²) in [6.45, 7) is 8.73. The number of rotatable bonds is 23. The van der Waals surface area contributed by atoms with Crippen LogP contribution in [0, 0.1) is 23.6 Å². The number of carbonyl (C=O) groups excluding carboxylic acids is 1. The molecular formula is C57H63FN2O8. The van der Waals surface area contributed by atoms with Gasteiger partial charge in [0.05, 0.1) is 31.4 Å². The molecule has 1 amide bonds. The normalized spacial score (nSPS) is 22.0. The van der Waals surface area contributed by atoms with Gasteiger partial charge in [-0.15, -0.1) is 13.2 Å². The molecule has 0 aromatic heterocycles. The summed E-state index contributed by atoms with van der Waals surface area (Å²) in [5, 5.41) is 27.1. The van der Waals surface area contributed by atoms with Crippen LogP contribution in [0.1, 0.15) is 79.5 Å². The molecule has 2 N–H and O–H groups in total. The largest absolute Gasteiger partial charge is 0.489 e. The molecule has 10 nitrogen and oxygen atoms in total. The average Bonchev–Trinajstić information content (AvgIpc) is 3.36. The van der Waals surface area contributed by atoms with E-state index in [0.29, 0.717) is 42.0 Å². The quantitative estimate of drug-likeness (QED) is 0.0378. The number of hydrogen-bond acceptors (Lipinski definition) is 9. The molecule has 0 radical (unpaired) electrons. The molecule has 1 heterocycles. The standard InChI is InChI=1S/C57H63FN2O8/c1-3-5-33-64-56(63)60(37-43-24-17-23-41-20-9-11-25-46(41)43)53-36-51(59-67-38-40-18-7-6-8-19-40)48-34-42(21-13-15-30-61)47(26-14-16-31-62)54-49-35-45(65-39-44-22-10-12-27-50(44)58)28-29-52(49)68-57(53,55(48)54)66-32-4-2/h3-4,6-12,17-20,22-25,27-29,34-35,42,47,53-55,61-62H,1-2,5,13-16,21,26,30-33,36-39H2. The number of carbonyl (C=O) groups is 1. The van der Waals surface area contributed by atoms with Crippen molar-refractivity contribution in [3.05, 3.63) is 180 Å². The third-order valence-corrected chi connectivity index (χ3v) is 13.6. The Morgan fingerprint density at radius 2 is 1.60 bits per heavy atom. The molecular weight excluding hydrogens is 860 g/mol. The number of fused-ring (bicyclic) bond motifs is 3. The van der Waals surface area contributed by atoms with Crippen molar-refractivity contribution in [2.45, 2.75) is 88.9 Å². The van der Waals surface area contributed by atoms with Crippen molar-refractivity contribution in [3.8, 4) is 11.5 Å². The second-order valence-electron chi connectivity index (χ2n) is 17.9.